The largest absolute Gasteiger partial charge is 0.0925 e. The van der Waals surface area contributed by atoms with Crippen LogP contribution in [0.15, 0.2) is 24.3 Å². The van der Waals surface area contributed by atoms with Gasteiger partial charge in [-0.25, -0.2) is 0 Å². The van der Waals surface area contributed by atoms with E-state index in [2.05, 4.69) is 35.0 Å². The van der Waals surface area contributed by atoms with Crippen LogP contribution in [0.4, 0.5) is 0 Å². The number of alkyl halides is 1. The average molecular weight is 332 g/mol. The molecule has 0 aromatic heterocycles. The smallest absolute Gasteiger partial charge is 0.0408 e. The third-order valence-corrected chi connectivity index (χ3v) is 4.50. The van der Waals surface area contributed by atoms with Gasteiger partial charge in [-0.15, -0.1) is 0 Å². The molecule has 0 aliphatic heterocycles. The predicted octanol–water partition coefficient (Wildman–Crippen LogP) is 6.25. The minimum atomic E-state index is 0.741. The Morgan fingerprint density at radius 3 is 2.61 bits per heavy atom. The molecule has 102 valence electrons. The van der Waals surface area contributed by atoms with Crippen LogP contribution in [0.2, 0.25) is 5.02 Å². The highest BCUT2D eigenvalue weighted by Gasteiger charge is 2.08. The summed E-state index contributed by atoms with van der Waals surface area (Å²) in [4.78, 5) is 0. The summed E-state index contributed by atoms with van der Waals surface area (Å²) in [5.74, 6) is 0.741. The molecule has 1 rings (SSSR count). The lowest BCUT2D eigenvalue weighted by atomic mass is 9.95. The second-order valence-electron chi connectivity index (χ2n) is 5.06. The predicted molar refractivity (Wildman–Crippen MR) is 85.8 cm³/mol. The first-order valence-electron chi connectivity index (χ1n) is 7.06. The van der Waals surface area contributed by atoms with Gasteiger partial charge in [-0.1, -0.05) is 78.7 Å². The molecule has 0 aliphatic rings. The molecule has 1 aromatic carbocycles. The van der Waals surface area contributed by atoms with Gasteiger partial charge in [-0.05, 0) is 36.5 Å². The molecule has 1 aromatic rings. The first-order chi connectivity index (χ1) is 8.76. The SMILES string of the molecule is CCCCCCCC(CBr)Cc1cccc(Cl)c1. The first-order valence-corrected chi connectivity index (χ1v) is 8.56. The van der Waals surface area contributed by atoms with E-state index >= 15 is 0 Å². The molecular formula is C16H24BrCl. The number of benzene rings is 1. The molecule has 0 amide bonds. The van der Waals surface area contributed by atoms with Crippen molar-refractivity contribution < 1.29 is 0 Å². The number of halogens is 2. The lowest BCUT2D eigenvalue weighted by molar-refractivity contribution is 0.492. The Kier molecular flexibility index (Phi) is 8.79. The van der Waals surface area contributed by atoms with E-state index in [1.807, 2.05) is 12.1 Å². The maximum atomic E-state index is 6.02. The lowest BCUT2D eigenvalue weighted by Gasteiger charge is -2.14. The van der Waals surface area contributed by atoms with Gasteiger partial charge in [-0.2, -0.15) is 0 Å². The maximum Gasteiger partial charge on any atom is 0.0408 e. The summed E-state index contributed by atoms with van der Waals surface area (Å²) in [6.45, 7) is 2.26. The van der Waals surface area contributed by atoms with E-state index in [0.717, 1.165) is 22.7 Å². The zero-order chi connectivity index (χ0) is 13.2. The minimum Gasteiger partial charge on any atom is -0.0925 e. The topological polar surface area (TPSA) is 0 Å². The summed E-state index contributed by atoms with van der Waals surface area (Å²) in [5, 5.41) is 1.94. The molecule has 2 heteroatoms. The molecule has 0 aliphatic carbocycles. The van der Waals surface area contributed by atoms with E-state index in [4.69, 9.17) is 11.6 Å². The van der Waals surface area contributed by atoms with Crippen molar-refractivity contribution in [2.24, 2.45) is 5.92 Å². The highest BCUT2D eigenvalue weighted by molar-refractivity contribution is 9.09. The fourth-order valence-corrected chi connectivity index (χ4v) is 3.03. The Morgan fingerprint density at radius 1 is 1.17 bits per heavy atom. The van der Waals surface area contributed by atoms with Crippen LogP contribution in [0.1, 0.15) is 51.0 Å². The van der Waals surface area contributed by atoms with Crippen LogP contribution in [-0.2, 0) is 6.42 Å². The van der Waals surface area contributed by atoms with Crippen LogP contribution >= 0.6 is 27.5 Å². The van der Waals surface area contributed by atoms with Gasteiger partial charge >= 0.3 is 0 Å². The molecule has 0 heterocycles. The maximum absolute atomic E-state index is 6.02. The van der Waals surface area contributed by atoms with Crippen molar-refractivity contribution in [3.05, 3.63) is 34.9 Å². The summed E-state index contributed by atoms with van der Waals surface area (Å²) in [6, 6.07) is 8.26. The van der Waals surface area contributed by atoms with Crippen LogP contribution in [0.5, 0.6) is 0 Å². The number of hydrogen-bond donors (Lipinski definition) is 0. The van der Waals surface area contributed by atoms with E-state index < -0.39 is 0 Å². The van der Waals surface area contributed by atoms with Gasteiger partial charge in [0.2, 0.25) is 0 Å². The number of hydrogen-bond acceptors (Lipinski definition) is 0. The fraction of sp³-hybridized carbons (Fsp3) is 0.625. The first kappa shape index (κ1) is 16.0. The highest BCUT2D eigenvalue weighted by Crippen LogP contribution is 2.20. The molecule has 0 saturated heterocycles. The van der Waals surface area contributed by atoms with Gasteiger partial charge in [0.15, 0.2) is 0 Å². The molecule has 0 N–H and O–H groups in total. The Labute approximate surface area is 125 Å². The number of unbranched alkanes of at least 4 members (excludes halogenated alkanes) is 4. The van der Waals surface area contributed by atoms with E-state index in [0.29, 0.717) is 0 Å². The van der Waals surface area contributed by atoms with E-state index in [9.17, 15) is 0 Å². The highest BCUT2D eigenvalue weighted by atomic mass is 79.9. The van der Waals surface area contributed by atoms with Gasteiger partial charge in [0.1, 0.15) is 0 Å². The quantitative estimate of drug-likeness (QED) is 0.370. The zero-order valence-corrected chi connectivity index (χ0v) is 13.6. The Hall–Kier alpha value is -0.0100. The molecule has 0 nitrogen and oxygen atoms in total. The second kappa shape index (κ2) is 9.86. The molecular weight excluding hydrogens is 308 g/mol. The van der Waals surface area contributed by atoms with Gasteiger partial charge < -0.3 is 0 Å². The second-order valence-corrected chi connectivity index (χ2v) is 6.14. The summed E-state index contributed by atoms with van der Waals surface area (Å²) >= 11 is 9.66. The van der Waals surface area contributed by atoms with E-state index in [1.165, 1.54) is 44.1 Å². The lowest BCUT2D eigenvalue weighted by Crippen LogP contribution is -2.06. The molecule has 0 spiro atoms. The van der Waals surface area contributed by atoms with Gasteiger partial charge in [0.25, 0.3) is 0 Å². The van der Waals surface area contributed by atoms with Crippen molar-refractivity contribution in [3.63, 3.8) is 0 Å². The van der Waals surface area contributed by atoms with Gasteiger partial charge in [0, 0.05) is 10.4 Å². The standard InChI is InChI=1S/C16H24BrCl/c1-2-3-4-5-6-8-15(13-17)11-14-9-7-10-16(18)12-14/h7,9-10,12,15H,2-6,8,11,13H2,1H3. The van der Waals surface area contributed by atoms with Crippen LogP contribution in [0.25, 0.3) is 0 Å². The summed E-state index contributed by atoms with van der Waals surface area (Å²) in [6.07, 6.45) is 9.30. The Morgan fingerprint density at radius 2 is 1.94 bits per heavy atom. The van der Waals surface area contributed by atoms with E-state index in [1.54, 1.807) is 0 Å². The molecule has 0 saturated carbocycles. The molecule has 18 heavy (non-hydrogen) atoms. The van der Waals surface area contributed by atoms with Crippen LogP contribution in [-0.4, -0.2) is 5.33 Å². The third kappa shape index (κ3) is 6.80. The van der Waals surface area contributed by atoms with Crippen molar-refractivity contribution >= 4 is 27.5 Å². The van der Waals surface area contributed by atoms with Crippen molar-refractivity contribution in [2.75, 3.05) is 5.33 Å². The van der Waals surface area contributed by atoms with Crippen LogP contribution in [0, 0.1) is 5.92 Å². The van der Waals surface area contributed by atoms with Crippen LogP contribution in [0.3, 0.4) is 0 Å². The molecule has 0 radical (unpaired) electrons. The third-order valence-electron chi connectivity index (χ3n) is 3.35. The van der Waals surface area contributed by atoms with Crippen molar-refractivity contribution in [3.8, 4) is 0 Å². The van der Waals surface area contributed by atoms with Crippen molar-refractivity contribution in [2.45, 2.75) is 51.9 Å². The molecule has 0 bridgehead atoms. The Balaban J connectivity index is 2.28. The zero-order valence-electron chi connectivity index (χ0n) is 11.3. The Bertz CT molecular complexity index is 325. The molecule has 1 atom stereocenters. The van der Waals surface area contributed by atoms with E-state index in [-0.39, 0.29) is 0 Å². The van der Waals surface area contributed by atoms with Crippen molar-refractivity contribution in [1.29, 1.82) is 0 Å². The summed E-state index contributed by atoms with van der Waals surface area (Å²) in [7, 11) is 0. The van der Waals surface area contributed by atoms with Crippen LogP contribution < -0.4 is 0 Å². The van der Waals surface area contributed by atoms with Gasteiger partial charge in [-0.3, -0.25) is 0 Å². The number of rotatable bonds is 9. The molecule has 1 unspecified atom stereocenters. The van der Waals surface area contributed by atoms with Crippen molar-refractivity contribution in [1.82, 2.24) is 0 Å². The fourth-order valence-electron chi connectivity index (χ4n) is 2.27. The average Bonchev–Trinajstić information content (AvgIpc) is 2.37. The minimum absolute atomic E-state index is 0.741. The summed E-state index contributed by atoms with van der Waals surface area (Å²) < 4.78 is 0. The summed E-state index contributed by atoms with van der Waals surface area (Å²) in [5.41, 5.74) is 1.36. The molecule has 0 fully saturated rings. The normalized spacial score (nSPS) is 12.6. The van der Waals surface area contributed by atoms with Gasteiger partial charge in [0.05, 0.1) is 0 Å². The monoisotopic (exact) mass is 330 g/mol.